The number of ether oxygens (including phenoxy) is 1. The van der Waals surface area contributed by atoms with E-state index in [1.807, 2.05) is 0 Å². The predicted octanol–water partition coefficient (Wildman–Crippen LogP) is 4.78. The Morgan fingerprint density at radius 3 is 2.09 bits per heavy atom. The van der Waals surface area contributed by atoms with E-state index in [0.717, 1.165) is 12.8 Å². The van der Waals surface area contributed by atoms with Crippen LogP contribution in [0.5, 0.6) is 0 Å². The first kappa shape index (κ1) is 22.4. The largest absolute Gasteiger partial charge is 0.394 e. The Morgan fingerprint density at radius 1 is 0.826 bits per heavy atom. The van der Waals surface area contributed by atoms with Gasteiger partial charge in [-0.15, -0.1) is 0 Å². The molecule has 1 atom stereocenters. The molecule has 0 aliphatic carbocycles. The maximum atomic E-state index is 9.10. The van der Waals surface area contributed by atoms with Gasteiger partial charge in [0.1, 0.15) is 6.10 Å². The van der Waals surface area contributed by atoms with E-state index in [9.17, 15) is 0 Å². The molecule has 0 unspecified atom stereocenters. The number of rotatable bonds is 17. The van der Waals surface area contributed by atoms with Crippen LogP contribution in [-0.2, 0) is 4.74 Å². The molecule has 0 aromatic rings. The molecule has 0 fully saturated rings. The number of allylic oxidation sites excluding steroid dienone is 4. The highest BCUT2D eigenvalue weighted by Crippen LogP contribution is 2.07. The lowest BCUT2D eigenvalue weighted by molar-refractivity contribution is 0.00526. The summed E-state index contributed by atoms with van der Waals surface area (Å²) in [6.07, 6.45) is 21.9. The van der Waals surface area contributed by atoms with Gasteiger partial charge in [0.05, 0.1) is 13.2 Å². The smallest absolute Gasteiger partial charge is 0.100 e. The lowest BCUT2D eigenvalue weighted by Gasteiger charge is -2.07. The van der Waals surface area contributed by atoms with Crippen molar-refractivity contribution < 1.29 is 14.9 Å². The fraction of sp³-hybridized carbons (Fsp3) is 0.800. The highest BCUT2D eigenvalue weighted by atomic mass is 16.5. The van der Waals surface area contributed by atoms with Gasteiger partial charge in [0, 0.05) is 6.61 Å². The minimum absolute atomic E-state index is 0.220. The number of hydrogen-bond donors (Lipinski definition) is 2. The van der Waals surface area contributed by atoms with E-state index in [1.54, 1.807) is 0 Å². The van der Waals surface area contributed by atoms with E-state index >= 15 is 0 Å². The molecule has 0 amide bonds. The van der Waals surface area contributed by atoms with Gasteiger partial charge in [-0.1, -0.05) is 63.3 Å². The molecule has 0 rings (SSSR count). The summed E-state index contributed by atoms with van der Waals surface area (Å²) in [6, 6.07) is 0. The maximum absolute atomic E-state index is 9.10. The molecule has 0 saturated heterocycles. The molecule has 3 heteroatoms. The van der Waals surface area contributed by atoms with E-state index < -0.39 is 6.10 Å². The van der Waals surface area contributed by atoms with Crippen molar-refractivity contribution >= 4 is 0 Å². The van der Waals surface area contributed by atoms with Crippen molar-refractivity contribution in [1.29, 1.82) is 0 Å². The van der Waals surface area contributed by atoms with Crippen LogP contribution in [0.4, 0.5) is 0 Å². The van der Waals surface area contributed by atoms with Crippen molar-refractivity contribution in [3.63, 3.8) is 0 Å². The highest BCUT2D eigenvalue weighted by molar-refractivity contribution is 4.92. The molecule has 3 nitrogen and oxygen atoms in total. The first-order valence-corrected chi connectivity index (χ1v) is 9.48. The van der Waals surface area contributed by atoms with Gasteiger partial charge in [-0.3, -0.25) is 0 Å². The summed E-state index contributed by atoms with van der Waals surface area (Å²) in [6.45, 7) is 2.95. The van der Waals surface area contributed by atoms with Crippen LogP contribution in [0.3, 0.4) is 0 Å². The van der Waals surface area contributed by atoms with Gasteiger partial charge in [-0.2, -0.15) is 0 Å². The van der Waals surface area contributed by atoms with E-state index in [-0.39, 0.29) is 13.2 Å². The average molecular weight is 327 g/mol. The number of hydrogen-bond acceptors (Lipinski definition) is 3. The standard InChI is InChI=1S/C20H38O3/c1-2-3-4-5-6-7-8-9-10-11-12-13-14-15-16-17-23-19-20(22)18-21/h6-7,9-10,20-22H,2-5,8,11-19H2,1H3/b7-6+,10-9+/t20-/m0/s1. The first-order chi connectivity index (χ1) is 11.3. The van der Waals surface area contributed by atoms with Crippen LogP contribution in [-0.4, -0.2) is 36.1 Å². The summed E-state index contributed by atoms with van der Waals surface area (Å²) >= 11 is 0. The monoisotopic (exact) mass is 326 g/mol. The van der Waals surface area contributed by atoms with Crippen molar-refractivity contribution in [2.45, 2.75) is 83.7 Å². The third-order valence-corrected chi connectivity index (χ3v) is 3.76. The normalized spacial score (nSPS) is 13.3. The summed E-state index contributed by atoms with van der Waals surface area (Å²) < 4.78 is 5.27. The van der Waals surface area contributed by atoms with E-state index in [2.05, 4.69) is 31.2 Å². The summed E-state index contributed by atoms with van der Waals surface area (Å²) in [5.74, 6) is 0. The maximum Gasteiger partial charge on any atom is 0.100 e. The Balaban J connectivity index is 3.16. The molecular formula is C20H38O3. The van der Waals surface area contributed by atoms with Crippen molar-refractivity contribution in [3.05, 3.63) is 24.3 Å². The number of aliphatic hydroxyl groups is 2. The summed E-state index contributed by atoms with van der Waals surface area (Å²) in [5, 5.41) is 17.7. The number of unbranched alkanes of at least 4 members (excludes halogenated alkanes) is 8. The van der Waals surface area contributed by atoms with Crippen LogP contribution in [0.1, 0.15) is 77.6 Å². The van der Waals surface area contributed by atoms with Crippen LogP contribution in [0.25, 0.3) is 0 Å². The molecule has 0 radical (unpaired) electrons. The second-order valence-corrected chi connectivity index (χ2v) is 6.14. The average Bonchev–Trinajstić information content (AvgIpc) is 2.57. The van der Waals surface area contributed by atoms with E-state index in [4.69, 9.17) is 14.9 Å². The fourth-order valence-electron chi connectivity index (χ4n) is 2.29. The number of aliphatic hydroxyl groups excluding tert-OH is 2. The fourth-order valence-corrected chi connectivity index (χ4v) is 2.29. The lowest BCUT2D eigenvalue weighted by atomic mass is 10.1. The van der Waals surface area contributed by atoms with Gasteiger partial charge >= 0.3 is 0 Å². The predicted molar refractivity (Wildman–Crippen MR) is 98.7 cm³/mol. The molecule has 23 heavy (non-hydrogen) atoms. The molecule has 0 aromatic carbocycles. The topological polar surface area (TPSA) is 49.7 Å². The molecule has 136 valence electrons. The Hall–Kier alpha value is -0.640. The quantitative estimate of drug-likeness (QED) is 0.299. The lowest BCUT2D eigenvalue weighted by Crippen LogP contribution is -2.19. The van der Waals surface area contributed by atoms with E-state index in [1.165, 1.54) is 57.8 Å². The zero-order valence-corrected chi connectivity index (χ0v) is 15.1. The molecule has 0 bridgehead atoms. The summed E-state index contributed by atoms with van der Waals surface area (Å²) in [4.78, 5) is 0. The van der Waals surface area contributed by atoms with Gasteiger partial charge < -0.3 is 14.9 Å². The van der Waals surface area contributed by atoms with Gasteiger partial charge in [-0.25, -0.2) is 0 Å². The van der Waals surface area contributed by atoms with Gasteiger partial charge in [0.15, 0.2) is 0 Å². The SMILES string of the molecule is CCCCC/C=C/C/C=C/CCCCCCCOC[C@@H](O)CO. The zero-order chi connectivity index (χ0) is 17.0. The minimum Gasteiger partial charge on any atom is -0.394 e. The second kappa shape index (κ2) is 19.4. The van der Waals surface area contributed by atoms with Crippen molar-refractivity contribution in [2.24, 2.45) is 0 Å². The molecule has 0 heterocycles. The molecule has 0 aromatic heterocycles. The van der Waals surface area contributed by atoms with Crippen molar-refractivity contribution in [3.8, 4) is 0 Å². The second-order valence-electron chi connectivity index (χ2n) is 6.14. The van der Waals surface area contributed by atoms with Crippen molar-refractivity contribution in [2.75, 3.05) is 19.8 Å². The van der Waals surface area contributed by atoms with Crippen LogP contribution in [0.2, 0.25) is 0 Å². The Morgan fingerprint density at radius 2 is 1.43 bits per heavy atom. The zero-order valence-electron chi connectivity index (χ0n) is 15.1. The molecule has 0 aliphatic heterocycles. The summed E-state index contributed by atoms with van der Waals surface area (Å²) in [7, 11) is 0. The van der Waals surface area contributed by atoms with Crippen LogP contribution >= 0.6 is 0 Å². The molecule has 0 saturated carbocycles. The highest BCUT2D eigenvalue weighted by Gasteiger charge is 2.00. The van der Waals surface area contributed by atoms with Gasteiger partial charge in [0.2, 0.25) is 0 Å². The third kappa shape index (κ3) is 19.3. The van der Waals surface area contributed by atoms with Crippen LogP contribution in [0.15, 0.2) is 24.3 Å². The Labute approximate surface area is 143 Å². The first-order valence-electron chi connectivity index (χ1n) is 9.48. The summed E-state index contributed by atoms with van der Waals surface area (Å²) in [5.41, 5.74) is 0. The van der Waals surface area contributed by atoms with Gasteiger partial charge in [0.25, 0.3) is 0 Å². The van der Waals surface area contributed by atoms with E-state index in [0.29, 0.717) is 6.61 Å². The van der Waals surface area contributed by atoms with Gasteiger partial charge in [-0.05, 0) is 38.5 Å². The Kier molecular flexibility index (Phi) is 18.9. The van der Waals surface area contributed by atoms with Crippen molar-refractivity contribution in [1.82, 2.24) is 0 Å². The third-order valence-electron chi connectivity index (χ3n) is 3.76. The van der Waals surface area contributed by atoms with Crippen LogP contribution < -0.4 is 0 Å². The Bertz CT molecular complexity index is 274. The molecule has 0 aliphatic rings. The molecule has 2 N–H and O–H groups in total. The molecule has 0 spiro atoms. The van der Waals surface area contributed by atoms with Crippen LogP contribution in [0, 0.1) is 0 Å². The molecular weight excluding hydrogens is 288 g/mol. The minimum atomic E-state index is -0.729.